The molecule has 0 unspecified atom stereocenters. The van der Waals surface area contributed by atoms with Crippen molar-refractivity contribution < 1.29 is 14.0 Å². The predicted octanol–water partition coefficient (Wildman–Crippen LogP) is 4.33. The lowest BCUT2D eigenvalue weighted by Crippen LogP contribution is -2.41. The minimum atomic E-state index is -0.387. The highest BCUT2D eigenvalue weighted by atomic mass is 79.9. The van der Waals surface area contributed by atoms with Gasteiger partial charge >= 0.3 is 7.12 Å². The summed E-state index contributed by atoms with van der Waals surface area (Å²) in [6.45, 7) is 8.74. The molecule has 3 rings (SSSR count). The van der Waals surface area contributed by atoms with Crippen LogP contribution in [0.2, 0.25) is 0 Å². The van der Waals surface area contributed by atoms with Crippen LogP contribution in [0.25, 0.3) is 0 Å². The van der Waals surface area contributed by atoms with Gasteiger partial charge < -0.3 is 14.0 Å². The lowest BCUT2D eigenvalue weighted by Gasteiger charge is -2.32. The molecular formula is C19H22BBrO3. The van der Waals surface area contributed by atoms with Gasteiger partial charge in [0.2, 0.25) is 0 Å². The van der Waals surface area contributed by atoms with Gasteiger partial charge in [-0.3, -0.25) is 0 Å². The maximum absolute atomic E-state index is 6.11. The third-order valence-corrected chi connectivity index (χ3v) is 5.37. The Bertz CT molecular complexity index is 700. The highest BCUT2D eigenvalue weighted by Gasteiger charge is 2.51. The molecule has 0 aromatic heterocycles. The third-order valence-electron chi connectivity index (χ3n) is 4.72. The Balaban J connectivity index is 1.77. The first-order chi connectivity index (χ1) is 11.3. The van der Waals surface area contributed by atoms with Gasteiger partial charge in [0.05, 0.1) is 15.7 Å². The fourth-order valence-electron chi connectivity index (χ4n) is 2.49. The average Bonchev–Trinajstić information content (AvgIpc) is 2.75. The van der Waals surface area contributed by atoms with E-state index in [1.165, 1.54) is 0 Å². The van der Waals surface area contributed by atoms with Crippen molar-refractivity contribution in [1.29, 1.82) is 0 Å². The molecule has 1 aliphatic rings. The number of halogens is 1. The largest absolute Gasteiger partial charge is 0.494 e. The van der Waals surface area contributed by atoms with Gasteiger partial charge in [-0.05, 0) is 66.8 Å². The minimum absolute atomic E-state index is 0.351. The van der Waals surface area contributed by atoms with E-state index in [4.69, 9.17) is 14.0 Å². The summed E-state index contributed by atoms with van der Waals surface area (Å²) in [5.74, 6) is 0.783. The van der Waals surface area contributed by atoms with E-state index in [0.29, 0.717) is 6.61 Å². The molecule has 2 aromatic carbocycles. The van der Waals surface area contributed by atoms with Gasteiger partial charge in [0.15, 0.2) is 0 Å². The van der Waals surface area contributed by atoms with Crippen LogP contribution in [0.1, 0.15) is 33.3 Å². The van der Waals surface area contributed by atoms with E-state index in [1.807, 2.05) is 48.5 Å². The summed E-state index contributed by atoms with van der Waals surface area (Å²) in [5, 5.41) is 0. The SMILES string of the molecule is CC1(C)OB(c2ccc(Br)c(OCc3ccccc3)c2)OC1(C)C. The molecule has 0 bridgehead atoms. The van der Waals surface area contributed by atoms with Crippen molar-refractivity contribution in [3.63, 3.8) is 0 Å². The molecule has 1 saturated heterocycles. The summed E-state index contributed by atoms with van der Waals surface area (Å²) in [4.78, 5) is 0. The molecule has 0 saturated carbocycles. The molecule has 126 valence electrons. The van der Waals surface area contributed by atoms with Gasteiger partial charge in [-0.25, -0.2) is 0 Å². The van der Waals surface area contributed by atoms with E-state index in [2.05, 4.69) is 43.6 Å². The summed E-state index contributed by atoms with van der Waals surface area (Å²) in [7, 11) is -0.387. The summed E-state index contributed by atoms with van der Waals surface area (Å²) < 4.78 is 19.1. The number of hydrogen-bond acceptors (Lipinski definition) is 3. The zero-order chi connectivity index (χ0) is 17.4. The van der Waals surface area contributed by atoms with E-state index in [1.54, 1.807) is 0 Å². The van der Waals surface area contributed by atoms with Crippen molar-refractivity contribution in [3.8, 4) is 5.75 Å². The monoisotopic (exact) mass is 388 g/mol. The van der Waals surface area contributed by atoms with Crippen LogP contribution < -0.4 is 10.2 Å². The van der Waals surface area contributed by atoms with Crippen LogP contribution in [0.3, 0.4) is 0 Å². The van der Waals surface area contributed by atoms with E-state index in [0.717, 1.165) is 21.2 Å². The Labute approximate surface area is 152 Å². The van der Waals surface area contributed by atoms with E-state index < -0.39 is 0 Å². The Morgan fingerprint density at radius 2 is 1.58 bits per heavy atom. The van der Waals surface area contributed by atoms with Crippen LogP contribution in [-0.2, 0) is 15.9 Å². The molecule has 1 heterocycles. The molecule has 0 N–H and O–H groups in total. The summed E-state index contributed by atoms with van der Waals surface area (Å²) in [6, 6.07) is 16.1. The average molecular weight is 389 g/mol. The number of rotatable bonds is 4. The number of hydrogen-bond donors (Lipinski definition) is 0. The zero-order valence-electron chi connectivity index (χ0n) is 14.5. The molecular weight excluding hydrogens is 367 g/mol. The molecule has 1 aliphatic heterocycles. The molecule has 0 amide bonds. The second-order valence-electron chi connectivity index (χ2n) is 7.05. The van der Waals surface area contributed by atoms with Crippen LogP contribution in [-0.4, -0.2) is 18.3 Å². The predicted molar refractivity (Wildman–Crippen MR) is 101 cm³/mol. The second kappa shape index (κ2) is 6.55. The molecule has 5 heteroatoms. The maximum atomic E-state index is 6.11. The molecule has 0 aliphatic carbocycles. The lowest BCUT2D eigenvalue weighted by molar-refractivity contribution is 0.00578. The van der Waals surface area contributed by atoms with Gasteiger partial charge in [-0.1, -0.05) is 36.4 Å². The Morgan fingerprint density at radius 1 is 0.958 bits per heavy atom. The molecule has 2 aromatic rings. The lowest BCUT2D eigenvalue weighted by atomic mass is 9.79. The summed E-state index contributed by atoms with van der Waals surface area (Å²) in [6.07, 6.45) is 0. The minimum Gasteiger partial charge on any atom is -0.488 e. The molecule has 3 nitrogen and oxygen atoms in total. The standard InChI is InChI=1S/C19H22BBrO3/c1-18(2)19(3,4)24-20(23-18)15-10-11-16(21)17(12-15)22-13-14-8-6-5-7-9-14/h5-12H,13H2,1-4H3. The normalized spacial score (nSPS) is 18.6. The van der Waals surface area contributed by atoms with Gasteiger partial charge in [0.25, 0.3) is 0 Å². The van der Waals surface area contributed by atoms with Crippen LogP contribution in [0.15, 0.2) is 53.0 Å². The fraction of sp³-hybridized carbons (Fsp3) is 0.368. The van der Waals surface area contributed by atoms with Crippen LogP contribution >= 0.6 is 15.9 Å². The summed E-state index contributed by atoms with van der Waals surface area (Å²) >= 11 is 3.55. The molecule has 24 heavy (non-hydrogen) atoms. The van der Waals surface area contributed by atoms with Crippen molar-refractivity contribution in [3.05, 3.63) is 58.6 Å². The van der Waals surface area contributed by atoms with Crippen LogP contribution in [0, 0.1) is 0 Å². The van der Waals surface area contributed by atoms with Crippen LogP contribution in [0.4, 0.5) is 0 Å². The summed E-state index contributed by atoms with van der Waals surface area (Å²) in [5.41, 5.74) is 1.39. The van der Waals surface area contributed by atoms with Crippen molar-refractivity contribution in [1.82, 2.24) is 0 Å². The Hall–Kier alpha value is -1.30. The van der Waals surface area contributed by atoms with Crippen molar-refractivity contribution in [2.75, 3.05) is 0 Å². The Kier molecular flexibility index (Phi) is 4.78. The zero-order valence-corrected chi connectivity index (χ0v) is 16.1. The topological polar surface area (TPSA) is 27.7 Å². The first kappa shape index (κ1) is 17.5. The Morgan fingerprint density at radius 3 is 2.21 bits per heavy atom. The van der Waals surface area contributed by atoms with Crippen LogP contribution in [0.5, 0.6) is 5.75 Å². The van der Waals surface area contributed by atoms with Crippen molar-refractivity contribution >= 4 is 28.5 Å². The molecule has 0 atom stereocenters. The van der Waals surface area contributed by atoms with Crippen molar-refractivity contribution in [2.45, 2.75) is 45.5 Å². The number of benzene rings is 2. The maximum Gasteiger partial charge on any atom is 0.494 e. The smallest absolute Gasteiger partial charge is 0.488 e. The number of ether oxygens (including phenoxy) is 1. The first-order valence-corrected chi connectivity index (χ1v) is 8.90. The highest BCUT2D eigenvalue weighted by molar-refractivity contribution is 9.10. The second-order valence-corrected chi connectivity index (χ2v) is 7.91. The van der Waals surface area contributed by atoms with E-state index >= 15 is 0 Å². The molecule has 0 radical (unpaired) electrons. The third kappa shape index (κ3) is 3.53. The van der Waals surface area contributed by atoms with E-state index in [9.17, 15) is 0 Å². The fourth-order valence-corrected chi connectivity index (χ4v) is 2.85. The van der Waals surface area contributed by atoms with Gasteiger partial charge in [0.1, 0.15) is 12.4 Å². The van der Waals surface area contributed by atoms with Crippen molar-refractivity contribution in [2.24, 2.45) is 0 Å². The van der Waals surface area contributed by atoms with Gasteiger partial charge in [0, 0.05) is 0 Å². The van der Waals surface area contributed by atoms with Gasteiger partial charge in [-0.15, -0.1) is 0 Å². The quantitative estimate of drug-likeness (QED) is 0.729. The van der Waals surface area contributed by atoms with Gasteiger partial charge in [-0.2, -0.15) is 0 Å². The molecule has 0 spiro atoms. The molecule has 1 fully saturated rings. The van der Waals surface area contributed by atoms with E-state index in [-0.39, 0.29) is 18.3 Å². The highest BCUT2D eigenvalue weighted by Crippen LogP contribution is 2.37. The first-order valence-electron chi connectivity index (χ1n) is 8.10.